The lowest BCUT2D eigenvalue weighted by atomic mass is 10.2. The first-order valence-corrected chi connectivity index (χ1v) is 4.90. The molecule has 0 aliphatic heterocycles. The van der Waals surface area contributed by atoms with Crippen molar-refractivity contribution in [3.63, 3.8) is 0 Å². The Kier molecular flexibility index (Phi) is 2.43. The van der Waals surface area contributed by atoms with Gasteiger partial charge in [0.25, 0.3) is 5.56 Å². The van der Waals surface area contributed by atoms with Gasteiger partial charge in [-0.15, -0.1) is 0 Å². The maximum atomic E-state index is 11.5. The van der Waals surface area contributed by atoms with Gasteiger partial charge in [-0.05, 0) is 6.42 Å². The normalized spacial score (nSPS) is 10.8. The second-order valence-corrected chi connectivity index (χ2v) is 3.41. The Morgan fingerprint density at radius 3 is 2.81 bits per heavy atom. The van der Waals surface area contributed by atoms with Gasteiger partial charge in [0.15, 0.2) is 22.8 Å². The predicted molar refractivity (Wildman–Crippen MR) is 58.2 cm³/mol. The van der Waals surface area contributed by atoms with Crippen LogP contribution in [0, 0.1) is 0 Å². The van der Waals surface area contributed by atoms with Gasteiger partial charge < -0.3 is 10.7 Å². The highest BCUT2D eigenvalue weighted by atomic mass is 16.1. The number of carbonyl (C=O) groups is 1. The van der Waals surface area contributed by atoms with Crippen LogP contribution in [0.25, 0.3) is 11.2 Å². The molecule has 0 fully saturated rings. The van der Waals surface area contributed by atoms with E-state index in [0.717, 1.165) is 6.42 Å². The van der Waals surface area contributed by atoms with E-state index >= 15 is 0 Å². The number of aromatic nitrogens is 4. The van der Waals surface area contributed by atoms with Crippen LogP contribution in [0.4, 0.5) is 5.95 Å². The number of aromatic amines is 2. The monoisotopic (exact) mass is 221 g/mol. The van der Waals surface area contributed by atoms with Crippen LogP contribution in [0.3, 0.4) is 0 Å². The molecule has 0 aromatic carbocycles. The molecule has 7 nitrogen and oxygen atoms in total. The SMILES string of the molecule is CCCC(=O)c1nc2nc(N)[nH]c(=O)c2[nH]1. The molecule has 2 aromatic rings. The van der Waals surface area contributed by atoms with E-state index in [9.17, 15) is 9.59 Å². The van der Waals surface area contributed by atoms with Gasteiger partial charge in [-0.2, -0.15) is 4.98 Å². The number of nitrogens with one attached hydrogen (secondary N) is 2. The lowest BCUT2D eigenvalue weighted by molar-refractivity contribution is 0.0973. The summed E-state index contributed by atoms with van der Waals surface area (Å²) in [6.07, 6.45) is 1.11. The predicted octanol–water partition coefficient (Wildman–Crippen LogP) is 0.211. The Morgan fingerprint density at radius 1 is 1.38 bits per heavy atom. The molecule has 2 rings (SSSR count). The van der Waals surface area contributed by atoms with E-state index in [1.54, 1.807) is 0 Å². The molecule has 0 radical (unpaired) electrons. The van der Waals surface area contributed by atoms with E-state index in [1.165, 1.54) is 0 Å². The number of nitrogens with zero attached hydrogens (tertiary/aromatic N) is 2. The van der Waals surface area contributed by atoms with Crippen LogP contribution < -0.4 is 11.3 Å². The van der Waals surface area contributed by atoms with Crippen molar-refractivity contribution < 1.29 is 4.79 Å². The molecule has 16 heavy (non-hydrogen) atoms. The molecule has 2 aromatic heterocycles. The summed E-state index contributed by atoms with van der Waals surface area (Å²) in [6, 6.07) is 0. The Labute approximate surface area is 90.1 Å². The van der Waals surface area contributed by atoms with E-state index in [-0.39, 0.29) is 28.7 Å². The number of H-pyrrole nitrogens is 2. The number of nitrogen functional groups attached to an aromatic ring is 1. The summed E-state index contributed by atoms with van der Waals surface area (Å²) in [5.74, 6) is -0.00240. The maximum Gasteiger partial charge on any atom is 0.278 e. The summed E-state index contributed by atoms with van der Waals surface area (Å²) in [5.41, 5.74) is 5.28. The number of imidazole rings is 1. The zero-order valence-corrected chi connectivity index (χ0v) is 8.70. The third-order valence-electron chi connectivity index (χ3n) is 2.12. The number of anilines is 1. The number of nitrogens with two attached hydrogens (primary N) is 1. The molecule has 0 atom stereocenters. The molecule has 0 amide bonds. The van der Waals surface area contributed by atoms with Crippen molar-refractivity contribution >= 4 is 22.9 Å². The second-order valence-electron chi connectivity index (χ2n) is 3.41. The third-order valence-corrected chi connectivity index (χ3v) is 2.12. The van der Waals surface area contributed by atoms with Crippen molar-refractivity contribution in [3.8, 4) is 0 Å². The Hall–Kier alpha value is -2.18. The van der Waals surface area contributed by atoms with E-state index < -0.39 is 5.56 Å². The average Bonchev–Trinajstić information content (AvgIpc) is 2.62. The first kappa shape index (κ1) is 10.3. The van der Waals surface area contributed by atoms with Crippen molar-refractivity contribution in [2.45, 2.75) is 19.8 Å². The standard InChI is InChI=1S/C9H11N5O2/c1-2-3-4(15)6-11-5-7(12-6)13-9(10)14-8(5)16/h2-3H2,1H3,(H4,10,11,12,13,14,16). The van der Waals surface area contributed by atoms with Crippen LogP contribution in [0.1, 0.15) is 30.4 Å². The number of carbonyl (C=O) groups excluding carboxylic acids is 1. The minimum atomic E-state index is -0.425. The lowest BCUT2D eigenvalue weighted by Crippen LogP contribution is -2.11. The Bertz CT molecular complexity index is 597. The van der Waals surface area contributed by atoms with Gasteiger partial charge in [0.1, 0.15) is 0 Å². The summed E-state index contributed by atoms with van der Waals surface area (Å²) < 4.78 is 0. The van der Waals surface area contributed by atoms with Gasteiger partial charge in [0.2, 0.25) is 5.95 Å². The minimum Gasteiger partial charge on any atom is -0.369 e. The fourth-order valence-electron chi connectivity index (χ4n) is 1.40. The molecule has 0 aliphatic rings. The average molecular weight is 221 g/mol. The van der Waals surface area contributed by atoms with Crippen molar-refractivity contribution in [3.05, 3.63) is 16.2 Å². The Morgan fingerprint density at radius 2 is 2.12 bits per heavy atom. The molecule has 0 aliphatic carbocycles. The number of rotatable bonds is 3. The number of ketones is 1. The molecular formula is C9H11N5O2. The zero-order chi connectivity index (χ0) is 11.7. The second kappa shape index (κ2) is 3.76. The summed E-state index contributed by atoms with van der Waals surface area (Å²) in [7, 11) is 0. The van der Waals surface area contributed by atoms with Gasteiger partial charge >= 0.3 is 0 Å². The topological polar surface area (TPSA) is 118 Å². The molecule has 0 spiro atoms. The molecular weight excluding hydrogens is 210 g/mol. The third kappa shape index (κ3) is 1.67. The first-order valence-electron chi connectivity index (χ1n) is 4.90. The van der Waals surface area contributed by atoms with Gasteiger partial charge in [-0.1, -0.05) is 6.92 Å². The summed E-state index contributed by atoms with van der Waals surface area (Å²) >= 11 is 0. The molecule has 0 bridgehead atoms. The quantitative estimate of drug-likeness (QED) is 0.640. The molecule has 0 saturated carbocycles. The molecule has 4 N–H and O–H groups in total. The zero-order valence-electron chi connectivity index (χ0n) is 8.70. The van der Waals surface area contributed by atoms with Crippen LogP contribution >= 0.6 is 0 Å². The molecule has 0 saturated heterocycles. The van der Waals surface area contributed by atoms with Crippen molar-refractivity contribution in [1.82, 2.24) is 19.9 Å². The summed E-state index contributed by atoms with van der Waals surface area (Å²) in [5, 5.41) is 0. The highest BCUT2D eigenvalue weighted by molar-refractivity contribution is 5.95. The number of fused-ring (bicyclic) bond motifs is 1. The molecule has 7 heteroatoms. The van der Waals surface area contributed by atoms with Crippen LogP contribution in [0.5, 0.6) is 0 Å². The van der Waals surface area contributed by atoms with E-state index in [2.05, 4.69) is 19.9 Å². The van der Waals surface area contributed by atoms with Crippen LogP contribution in [0.2, 0.25) is 0 Å². The fraction of sp³-hybridized carbons (Fsp3) is 0.333. The van der Waals surface area contributed by atoms with Crippen LogP contribution in [-0.4, -0.2) is 25.7 Å². The Balaban J connectivity index is 2.56. The summed E-state index contributed by atoms with van der Waals surface area (Å²) in [4.78, 5) is 35.7. The highest BCUT2D eigenvalue weighted by Crippen LogP contribution is 2.07. The van der Waals surface area contributed by atoms with Gasteiger partial charge in [-0.25, -0.2) is 4.98 Å². The fourth-order valence-corrected chi connectivity index (χ4v) is 1.40. The van der Waals surface area contributed by atoms with Gasteiger partial charge in [0.05, 0.1) is 0 Å². The first-order chi connectivity index (χ1) is 7.61. The van der Waals surface area contributed by atoms with Crippen molar-refractivity contribution in [2.24, 2.45) is 0 Å². The van der Waals surface area contributed by atoms with E-state index in [4.69, 9.17) is 5.73 Å². The van der Waals surface area contributed by atoms with Gasteiger partial charge in [-0.3, -0.25) is 14.6 Å². The number of hydrogen-bond acceptors (Lipinski definition) is 5. The van der Waals surface area contributed by atoms with Crippen LogP contribution in [0.15, 0.2) is 4.79 Å². The maximum absolute atomic E-state index is 11.5. The van der Waals surface area contributed by atoms with E-state index in [0.29, 0.717) is 6.42 Å². The van der Waals surface area contributed by atoms with Gasteiger partial charge in [0, 0.05) is 6.42 Å². The molecule has 2 heterocycles. The smallest absolute Gasteiger partial charge is 0.278 e. The molecule has 84 valence electrons. The molecule has 0 unspecified atom stereocenters. The summed E-state index contributed by atoms with van der Waals surface area (Å²) in [6.45, 7) is 1.89. The number of hydrogen-bond donors (Lipinski definition) is 3. The lowest BCUT2D eigenvalue weighted by Gasteiger charge is -1.90. The largest absolute Gasteiger partial charge is 0.369 e. The highest BCUT2D eigenvalue weighted by Gasteiger charge is 2.13. The van der Waals surface area contributed by atoms with E-state index in [1.807, 2.05) is 6.92 Å². The number of Topliss-reactive ketones (excluding diaryl/α,β-unsaturated/α-hetero) is 1. The van der Waals surface area contributed by atoms with Crippen molar-refractivity contribution in [1.29, 1.82) is 0 Å². The van der Waals surface area contributed by atoms with Crippen LogP contribution in [-0.2, 0) is 0 Å². The minimum absolute atomic E-state index is 0.0153. The van der Waals surface area contributed by atoms with Crippen molar-refractivity contribution in [2.75, 3.05) is 5.73 Å².